The Labute approximate surface area is 135 Å². The Morgan fingerprint density at radius 1 is 0.957 bits per heavy atom. The van der Waals surface area contributed by atoms with Crippen LogP contribution in [0.3, 0.4) is 0 Å². The third-order valence-electron chi connectivity index (χ3n) is 4.50. The molecule has 1 aliphatic heterocycles. The molecular weight excluding hydrogens is 288 g/mol. The first kappa shape index (κ1) is 14.2. The molecule has 0 aliphatic carbocycles. The number of benzene rings is 2. The summed E-state index contributed by atoms with van der Waals surface area (Å²) in [7, 11) is 2.15. The molecule has 2 heterocycles. The molecular formula is C19H20N2O2. The summed E-state index contributed by atoms with van der Waals surface area (Å²) < 4.78 is 6.15. The second kappa shape index (κ2) is 5.63. The van der Waals surface area contributed by atoms with Gasteiger partial charge in [0.1, 0.15) is 11.3 Å². The van der Waals surface area contributed by atoms with E-state index in [1.54, 1.807) is 12.1 Å². The van der Waals surface area contributed by atoms with Crippen molar-refractivity contribution in [2.75, 3.05) is 38.1 Å². The standard InChI is InChI=1S/C19H20N2O2/c1-20-9-11-21(12-10-20)18-16-13-15(22)7-8-17(16)23-19(18)14-5-3-2-4-6-14/h2-8,13,22H,9-12H2,1H3. The average Bonchev–Trinajstić information content (AvgIpc) is 2.95. The van der Waals surface area contributed by atoms with Crippen molar-refractivity contribution < 1.29 is 9.52 Å². The Bertz CT molecular complexity index is 818. The molecule has 0 spiro atoms. The molecule has 2 aromatic carbocycles. The quantitative estimate of drug-likeness (QED) is 0.786. The van der Waals surface area contributed by atoms with Crippen LogP contribution in [0.4, 0.5) is 5.69 Å². The number of rotatable bonds is 2. The fraction of sp³-hybridized carbons (Fsp3) is 0.263. The third kappa shape index (κ3) is 2.55. The summed E-state index contributed by atoms with van der Waals surface area (Å²) in [6.45, 7) is 3.97. The van der Waals surface area contributed by atoms with E-state index < -0.39 is 0 Å². The summed E-state index contributed by atoms with van der Waals surface area (Å²) >= 11 is 0. The number of hydrogen-bond acceptors (Lipinski definition) is 4. The van der Waals surface area contributed by atoms with Crippen LogP contribution in [0.5, 0.6) is 5.75 Å². The smallest absolute Gasteiger partial charge is 0.158 e. The second-order valence-corrected chi connectivity index (χ2v) is 6.12. The van der Waals surface area contributed by atoms with Crippen LogP contribution in [-0.2, 0) is 0 Å². The molecule has 4 rings (SSSR count). The van der Waals surface area contributed by atoms with Crippen LogP contribution in [0.2, 0.25) is 0 Å². The Hall–Kier alpha value is -2.46. The van der Waals surface area contributed by atoms with Gasteiger partial charge in [0.15, 0.2) is 5.76 Å². The first-order chi connectivity index (χ1) is 11.2. The lowest BCUT2D eigenvalue weighted by Crippen LogP contribution is -2.44. The lowest BCUT2D eigenvalue weighted by Gasteiger charge is -2.34. The number of anilines is 1. The van der Waals surface area contributed by atoms with Crippen LogP contribution >= 0.6 is 0 Å². The van der Waals surface area contributed by atoms with Gasteiger partial charge >= 0.3 is 0 Å². The van der Waals surface area contributed by atoms with Crippen LogP contribution in [-0.4, -0.2) is 43.2 Å². The van der Waals surface area contributed by atoms with Gasteiger partial charge in [0.25, 0.3) is 0 Å². The summed E-state index contributed by atoms with van der Waals surface area (Å²) in [4.78, 5) is 4.70. The first-order valence-electron chi connectivity index (χ1n) is 7.97. The van der Waals surface area contributed by atoms with E-state index in [1.807, 2.05) is 24.3 Å². The van der Waals surface area contributed by atoms with E-state index in [1.165, 1.54) is 0 Å². The maximum absolute atomic E-state index is 9.91. The van der Waals surface area contributed by atoms with E-state index >= 15 is 0 Å². The zero-order valence-electron chi connectivity index (χ0n) is 13.2. The molecule has 4 heteroatoms. The van der Waals surface area contributed by atoms with Gasteiger partial charge < -0.3 is 19.3 Å². The monoisotopic (exact) mass is 308 g/mol. The minimum atomic E-state index is 0.272. The van der Waals surface area contributed by atoms with Crippen LogP contribution in [0.1, 0.15) is 0 Å². The van der Waals surface area contributed by atoms with Gasteiger partial charge in [0.05, 0.1) is 5.69 Å². The van der Waals surface area contributed by atoms with Gasteiger partial charge in [-0.05, 0) is 25.2 Å². The van der Waals surface area contributed by atoms with Crippen LogP contribution in [0.15, 0.2) is 52.9 Å². The predicted molar refractivity (Wildman–Crippen MR) is 93.0 cm³/mol. The molecule has 0 bridgehead atoms. The number of hydrogen-bond donors (Lipinski definition) is 1. The molecule has 1 aromatic heterocycles. The average molecular weight is 308 g/mol. The van der Waals surface area contributed by atoms with Crippen molar-refractivity contribution >= 4 is 16.7 Å². The Balaban J connectivity index is 1.89. The lowest BCUT2D eigenvalue weighted by atomic mass is 10.1. The number of fused-ring (bicyclic) bond motifs is 1. The zero-order chi connectivity index (χ0) is 15.8. The SMILES string of the molecule is CN1CCN(c2c(-c3ccccc3)oc3ccc(O)cc23)CC1. The minimum Gasteiger partial charge on any atom is -0.508 e. The van der Waals surface area contributed by atoms with Gasteiger partial charge in [0, 0.05) is 37.1 Å². The van der Waals surface area contributed by atoms with E-state index in [-0.39, 0.29) is 5.75 Å². The maximum atomic E-state index is 9.91. The molecule has 118 valence electrons. The molecule has 1 saturated heterocycles. The molecule has 0 radical (unpaired) electrons. The van der Waals surface area contributed by atoms with Crippen LogP contribution in [0.25, 0.3) is 22.3 Å². The number of aromatic hydroxyl groups is 1. The molecule has 1 aliphatic rings. The van der Waals surface area contributed by atoms with Crippen molar-refractivity contribution in [2.45, 2.75) is 0 Å². The Kier molecular flexibility index (Phi) is 3.46. The van der Waals surface area contributed by atoms with E-state index in [9.17, 15) is 5.11 Å². The summed E-state index contributed by atoms with van der Waals surface area (Å²) in [5, 5.41) is 10.9. The van der Waals surface area contributed by atoms with Gasteiger partial charge in [-0.15, -0.1) is 0 Å². The number of phenols is 1. The summed E-state index contributed by atoms with van der Waals surface area (Å²) in [6, 6.07) is 15.5. The van der Waals surface area contributed by atoms with Gasteiger partial charge in [-0.2, -0.15) is 0 Å². The van der Waals surface area contributed by atoms with Gasteiger partial charge in [-0.25, -0.2) is 0 Å². The summed E-state index contributed by atoms with van der Waals surface area (Å²) in [5.74, 6) is 1.16. The summed E-state index contributed by atoms with van der Waals surface area (Å²) in [5.41, 5.74) is 2.97. The Morgan fingerprint density at radius 2 is 1.70 bits per heavy atom. The fourth-order valence-corrected chi connectivity index (χ4v) is 3.20. The molecule has 0 unspecified atom stereocenters. The molecule has 0 atom stereocenters. The van der Waals surface area contributed by atoms with E-state index in [0.29, 0.717) is 0 Å². The van der Waals surface area contributed by atoms with Crippen molar-refractivity contribution in [3.63, 3.8) is 0 Å². The molecule has 3 aromatic rings. The number of furan rings is 1. The summed E-state index contributed by atoms with van der Waals surface area (Å²) in [6.07, 6.45) is 0. The molecule has 0 saturated carbocycles. The molecule has 0 amide bonds. The molecule has 23 heavy (non-hydrogen) atoms. The number of phenolic OH excluding ortho intramolecular Hbond substituents is 1. The van der Waals surface area contributed by atoms with E-state index in [0.717, 1.165) is 54.2 Å². The predicted octanol–water partition coefficient (Wildman–Crippen LogP) is 3.56. The van der Waals surface area contributed by atoms with Crippen molar-refractivity contribution in [1.82, 2.24) is 4.90 Å². The van der Waals surface area contributed by atoms with Crippen LogP contribution in [0, 0.1) is 0 Å². The molecule has 1 fully saturated rings. The second-order valence-electron chi connectivity index (χ2n) is 6.12. The number of piperazine rings is 1. The number of likely N-dealkylation sites (N-methyl/N-ethyl adjacent to an activating group) is 1. The highest BCUT2D eigenvalue weighted by Gasteiger charge is 2.24. The van der Waals surface area contributed by atoms with Crippen molar-refractivity contribution in [1.29, 1.82) is 0 Å². The normalized spacial score (nSPS) is 16.1. The minimum absolute atomic E-state index is 0.272. The van der Waals surface area contributed by atoms with Gasteiger partial charge in [-0.3, -0.25) is 0 Å². The lowest BCUT2D eigenvalue weighted by molar-refractivity contribution is 0.313. The van der Waals surface area contributed by atoms with E-state index in [4.69, 9.17) is 4.42 Å². The third-order valence-corrected chi connectivity index (χ3v) is 4.50. The largest absolute Gasteiger partial charge is 0.508 e. The highest BCUT2D eigenvalue weighted by molar-refractivity contribution is 6.00. The zero-order valence-corrected chi connectivity index (χ0v) is 13.2. The van der Waals surface area contributed by atoms with Gasteiger partial charge in [0.2, 0.25) is 0 Å². The van der Waals surface area contributed by atoms with Crippen LogP contribution < -0.4 is 4.90 Å². The van der Waals surface area contributed by atoms with Crippen molar-refractivity contribution in [2.24, 2.45) is 0 Å². The van der Waals surface area contributed by atoms with Crippen molar-refractivity contribution in [3.05, 3.63) is 48.5 Å². The van der Waals surface area contributed by atoms with Crippen molar-refractivity contribution in [3.8, 4) is 17.1 Å². The van der Waals surface area contributed by atoms with E-state index in [2.05, 4.69) is 29.0 Å². The first-order valence-corrected chi connectivity index (χ1v) is 7.97. The fourth-order valence-electron chi connectivity index (χ4n) is 3.20. The Morgan fingerprint density at radius 3 is 2.43 bits per heavy atom. The van der Waals surface area contributed by atoms with Gasteiger partial charge in [-0.1, -0.05) is 30.3 Å². The topological polar surface area (TPSA) is 39.9 Å². The highest BCUT2D eigenvalue weighted by Crippen LogP contribution is 2.41. The molecule has 1 N–H and O–H groups in total. The molecule has 4 nitrogen and oxygen atoms in total. The highest BCUT2D eigenvalue weighted by atomic mass is 16.3. The maximum Gasteiger partial charge on any atom is 0.158 e. The number of nitrogens with zero attached hydrogens (tertiary/aromatic N) is 2.